The highest BCUT2D eigenvalue weighted by molar-refractivity contribution is 4.88. The maximum Gasteiger partial charge on any atom is 0.0693 e. The Hall–Kier alpha value is -0.0800. The molecule has 2 heteroatoms. The Morgan fingerprint density at radius 1 is 0.793 bits per heavy atom. The standard InChI is InChI=1S/C27H51NO/c1-18-7-6-8-23(13-18)16-25-14-19(2)9-11-24(25)17-27(29)22(5)28-26-12-10-20(3)21(4)15-26/h18-29H,6-17H2,1-5H3/t18?,19?,20-,21?,22-,23?,24?,25?,26?,27?/m0/s1. The van der Waals surface area contributed by atoms with E-state index in [0.717, 1.165) is 47.8 Å². The average Bonchev–Trinajstić information content (AvgIpc) is 2.67. The van der Waals surface area contributed by atoms with Gasteiger partial charge in [0.1, 0.15) is 0 Å². The molecule has 0 aromatic rings. The Balaban J connectivity index is 1.50. The third-order valence-electron chi connectivity index (χ3n) is 9.30. The van der Waals surface area contributed by atoms with Gasteiger partial charge in [-0.2, -0.15) is 0 Å². The second-order valence-electron chi connectivity index (χ2n) is 12.0. The summed E-state index contributed by atoms with van der Waals surface area (Å²) in [6, 6.07) is 0.840. The van der Waals surface area contributed by atoms with Gasteiger partial charge in [0.25, 0.3) is 0 Å². The molecule has 2 N–H and O–H groups in total. The van der Waals surface area contributed by atoms with Crippen LogP contribution in [0.1, 0.15) is 112 Å². The molecule has 0 aliphatic heterocycles. The predicted molar refractivity (Wildman–Crippen MR) is 125 cm³/mol. The van der Waals surface area contributed by atoms with Gasteiger partial charge < -0.3 is 10.4 Å². The fourth-order valence-corrected chi connectivity index (χ4v) is 7.06. The highest BCUT2D eigenvalue weighted by atomic mass is 16.3. The summed E-state index contributed by atoms with van der Waals surface area (Å²) < 4.78 is 0. The molecule has 3 rings (SSSR count). The molecular formula is C27H51NO. The molecule has 0 spiro atoms. The van der Waals surface area contributed by atoms with E-state index in [1.807, 2.05) is 0 Å². The fraction of sp³-hybridized carbons (Fsp3) is 1.00. The smallest absolute Gasteiger partial charge is 0.0693 e. The van der Waals surface area contributed by atoms with Crippen LogP contribution < -0.4 is 5.32 Å². The number of nitrogens with one attached hydrogen (secondary N) is 1. The predicted octanol–water partition coefficient (Wildman–Crippen LogP) is 6.81. The van der Waals surface area contributed by atoms with Crippen molar-refractivity contribution in [3.63, 3.8) is 0 Å². The highest BCUT2D eigenvalue weighted by Crippen LogP contribution is 2.43. The maximum absolute atomic E-state index is 11.1. The van der Waals surface area contributed by atoms with Gasteiger partial charge in [0, 0.05) is 12.1 Å². The summed E-state index contributed by atoms with van der Waals surface area (Å²) in [5.74, 6) is 6.04. The Morgan fingerprint density at radius 2 is 1.55 bits per heavy atom. The summed E-state index contributed by atoms with van der Waals surface area (Å²) in [6.07, 6.45) is 16.1. The zero-order valence-electron chi connectivity index (χ0n) is 20.2. The van der Waals surface area contributed by atoms with Gasteiger partial charge in [-0.3, -0.25) is 0 Å². The Bertz CT molecular complexity index is 479. The molecular weight excluding hydrogens is 354 g/mol. The summed E-state index contributed by atoms with van der Waals surface area (Å²) in [5, 5.41) is 14.9. The second kappa shape index (κ2) is 11.0. The first-order valence-electron chi connectivity index (χ1n) is 13.3. The molecule has 2 nitrogen and oxygen atoms in total. The van der Waals surface area contributed by atoms with Crippen LogP contribution in [-0.2, 0) is 0 Å². The van der Waals surface area contributed by atoms with Crippen molar-refractivity contribution >= 4 is 0 Å². The lowest BCUT2D eigenvalue weighted by Gasteiger charge is -2.40. The van der Waals surface area contributed by atoms with E-state index in [1.54, 1.807) is 0 Å². The molecule has 0 saturated heterocycles. The Kier molecular flexibility index (Phi) is 8.93. The lowest BCUT2D eigenvalue weighted by atomic mass is 9.67. The minimum Gasteiger partial charge on any atom is -0.392 e. The summed E-state index contributed by atoms with van der Waals surface area (Å²) in [6.45, 7) is 11.9. The van der Waals surface area contributed by atoms with Crippen molar-refractivity contribution in [3.8, 4) is 0 Å². The van der Waals surface area contributed by atoms with Crippen molar-refractivity contribution in [2.45, 2.75) is 130 Å². The van der Waals surface area contributed by atoms with Gasteiger partial charge in [-0.25, -0.2) is 0 Å². The quantitative estimate of drug-likeness (QED) is 0.487. The Morgan fingerprint density at radius 3 is 2.28 bits per heavy atom. The normalized spacial score (nSPS) is 43.7. The summed E-state index contributed by atoms with van der Waals surface area (Å²) in [7, 11) is 0. The van der Waals surface area contributed by atoms with Crippen LogP contribution in [0.4, 0.5) is 0 Å². The molecule has 0 heterocycles. The molecule has 0 aromatic heterocycles. The first-order chi connectivity index (χ1) is 13.8. The van der Waals surface area contributed by atoms with Crippen LogP contribution in [0, 0.1) is 41.4 Å². The molecule has 0 amide bonds. The molecule has 170 valence electrons. The molecule has 3 aliphatic carbocycles. The van der Waals surface area contributed by atoms with Crippen LogP contribution in [-0.4, -0.2) is 23.3 Å². The first kappa shape index (κ1) is 23.6. The van der Waals surface area contributed by atoms with Crippen molar-refractivity contribution in [2.24, 2.45) is 41.4 Å². The third-order valence-corrected chi connectivity index (χ3v) is 9.30. The van der Waals surface area contributed by atoms with Gasteiger partial charge in [-0.05, 0) is 99.7 Å². The van der Waals surface area contributed by atoms with Crippen molar-refractivity contribution < 1.29 is 5.11 Å². The lowest BCUT2D eigenvalue weighted by Crippen LogP contribution is -2.47. The average molecular weight is 406 g/mol. The SMILES string of the molecule is CC1CCCC(CC2CC(C)CCC2CC(O)[C@H](C)NC2CC[C@H](C)C(C)C2)C1. The number of rotatable bonds is 7. The molecule has 10 atom stereocenters. The molecule has 0 aromatic carbocycles. The summed E-state index contributed by atoms with van der Waals surface area (Å²) >= 11 is 0. The highest BCUT2D eigenvalue weighted by Gasteiger charge is 2.34. The van der Waals surface area contributed by atoms with Crippen LogP contribution in [0.3, 0.4) is 0 Å². The molecule has 8 unspecified atom stereocenters. The molecule has 29 heavy (non-hydrogen) atoms. The zero-order valence-corrected chi connectivity index (χ0v) is 20.2. The van der Waals surface area contributed by atoms with Crippen LogP contribution in [0.15, 0.2) is 0 Å². The van der Waals surface area contributed by atoms with Gasteiger partial charge in [0.15, 0.2) is 0 Å². The summed E-state index contributed by atoms with van der Waals surface area (Å²) in [4.78, 5) is 0. The number of hydrogen-bond donors (Lipinski definition) is 2. The van der Waals surface area contributed by atoms with E-state index in [2.05, 4.69) is 39.9 Å². The molecule has 0 bridgehead atoms. The second-order valence-corrected chi connectivity index (χ2v) is 12.0. The summed E-state index contributed by atoms with van der Waals surface area (Å²) in [5.41, 5.74) is 0. The van der Waals surface area contributed by atoms with E-state index in [0.29, 0.717) is 6.04 Å². The van der Waals surface area contributed by atoms with Crippen molar-refractivity contribution in [1.29, 1.82) is 0 Å². The van der Waals surface area contributed by atoms with Crippen LogP contribution in [0.2, 0.25) is 0 Å². The minimum absolute atomic E-state index is 0.184. The first-order valence-corrected chi connectivity index (χ1v) is 13.3. The van der Waals surface area contributed by atoms with E-state index in [-0.39, 0.29) is 12.1 Å². The van der Waals surface area contributed by atoms with E-state index in [4.69, 9.17) is 0 Å². The van der Waals surface area contributed by atoms with Gasteiger partial charge in [-0.1, -0.05) is 53.4 Å². The van der Waals surface area contributed by atoms with Gasteiger partial charge in [-0.15, -0.1) is 0 Å². The maximum atomic E-state index is 11.1. The molecule has 3 saturated carbocycles. The van der Waals surface area contributed by atoms with E-state index in [9.17, 15) is 5.11 Å². The minimum atomic E-state index is -0.184. The van der Waals surface area contributed by atoms with Gasteiger partial charge in [0.05, 0.1) is 6.10 Å². The van der Waals surface area contributed by atoms with Gasteiger partial charge >= 0.3 is 0 Å². The van der Waals surface area contributed by atoms with Crippen molar-refractivity contribution in [3.05, 3.63) is 0 Å². The number of hydrogen-bond acceptors (Lipinski definition) is 2. The van der Waals surface area contributed by atoms with Crippen molar-refractivity contribution in [2.75, 3.05) is 0 Å². The fourth-order valence-electron chi connectivity index (χ4n) is 7.06. The van der Waals surface area contributed by atoms with Crippen LogP contribution in [0.5, 0.6) is 0 Å². The zero-order chi connectivity index (χ0) is 21.0. The Labute approximate surface area is 182 Å². The monoisotopic (exact) mass is 405 g/mol. The molecule has 0 radical (unpaired) electrons. The van der Waals surface area contributed by atoms with E-state index < -0.39 is 0 Å². The van der Waals surface area contributed by atoms with Crippen LogP contribution >= 0.6 is 0 Å². The number of aliphatic hydroxyl groups excluding tert-OH is 1. The topological polar surface area (TPSA) is 32.3 Å². The molecule has 3 fully saturated rings. The van der Waals surface area contributed by atoms with E-state index in [1.165, 1.54) is 70.6 Å². The van der Waals surface area contributed by atoms with Crippen molar-refractivity contribution in [1.82, 2.24) is 5.32 Å². The molecule has 3 aliphatic rings. The number of aliphatic hydroxyl groups is 1. The largest absolute Gasteiger partial charge is 0.392 e. The third kappa shape index (κ3) is 6.96. The lowest BCUT2D eigenvalue weighted by molar-refractivity contribution is 0.0522. The van der Waals surface area contributed by atoms with Gasteiger partial charge in [0.2, 0.25) is 0 Å². The van der Waals surface area contributed by atoms with E-state index >= 15 is 0 Å². The van der Waals surface area contributed by atoms with Crippen LogP contribution in [0.25, 0.3) is 0 Å².